The molecule has 0 amide bonds. The highest BCUT2D eigenvalue weighted by Gasteiger charge is 2.10. The average Bonchev–Trinajstić information content (AvgIpc) is 2.33. The molecule has 2 N–H and O–H groups in total. The molecule has 1 atom stereocenters. The third-order valence-electron chi connectivity index (χ3n) is 2.96. The molecule has 1 heterocycles. The fourth-order valence-corrected chi connectivity index (χ4v) is 1.81. The maximum absolute atomic E-state index is 6.18. The van der Waals surface area contributed by atoms with E-state index in [1.807, 2.05) is 18.2 Å². The van der Waals surface area contributed by atoms with Crippen LogP contribution in [0.3, 0.4) is 0 Å². The number of benzene rings is 1. The molecule has 17 heavy (non-hydrogen) atoms. The van der Waals surface area contributed by atoms with Crippen LogP contribution in [0.15, 0.2) is 36.5 Å². The molecule has 2 nitrogen and oxygen atoms in total. The van der Waals surface area contributed by atoms with Crippen LogP contribution in [0, 0.1) is 13.8 Å². The summed E-state index contributed by atoms with van der Waals surface area (Å²) in [6.07, 6.45) is 1.62. The van der Waals surface area contributed by atoms with Crippen molar-refractivity contribution in [3.8, 4) is 0 Å². The van der Waals surface area contributed by atoms with E-state index in [2.05, 4.69) is 31.0 Å². The summed E-state index contributed by atoms with van der Waals surface area (Å²) in [6, 6.07) is 9.71. The zero-order valence-electron chi connectivity index (χ0n) is 9.94. The normalized spacial score (nSPS) is 12.5. The second kappa shape index (κ2) is 4.86. The van der Waals surface area contributed by atoms with Crippen LogP contribution < -0.4 is 5.73 Å². The molecule has 0 radical (unpaired) electrons. The van der Waals surface area contributed by atoms with Crippen molar-refractivity contribution in [2.45, 2.75) is 19.9 Å². The van der Waals surface area contributed by atoms with E-state index in [0.29, 0.717) is 5.02 Å². The molecule has 1 unspecified atom stereocenters. The Hall–Kier alpha value is -1.38. The van der Waals surface area contributed by atoms with Crippen molar-refractivity contribution in [1.29, 1.82) is 0 Å². The van der Waals surface area contributed by atoms with E-state index in [9.17, 15) is 0 Å². The van der Waals surface area contributed by atoms with Crippen LogP contribution in [-0.2, 0) is 0 Å². The zero-order chi connectivity index (χ0) is 12.4. The summed E-state index contributed by atoms with van der Waals surface area (Å²) in [5.74, 6) is 0. The van der Waals surface area contributed by atoms with Gasteiger partial charge in [-0.1, -0.05) is 29.8 Å². The largest absolute Gasteiger partial charge is 0.319 e. The lowest BCUT2D eigenvalue weighted by Gasteiger charge is -2.13. The smallest absolute Gasteiger partial charge is 0.0726 e. The first-order chi connectivity index (χ1) is 8.08. The van der Waals surface area contributed by atoms with E-state index in [4.69, 9.17) is 17.3 Å². The van der Waals surface area contributed by atoms with Crippen molar-refractivity contribution in [3.63, 3.8) is 0 Å². The predicted molar refractivity (Wildman–Crippen MR) is 71.2 cm³/mol. The third kappa shape index (κ3) is 2.65. The first-order valence-electron chi connectivity index (χ1n) is 5.52. The van der Waals surface area contributed by atoms with E-state index in [-0.39, 0.29) is 6.04 Å². The van der Waals surface area contributed by atoms with Gasteiger partial charge < -0.3 is 5.73 Å². The molecule has 88 valence electrons. The van der Waals surface area contributed by atoms with Gasteiger partial charge in [0, 0.05) is 6.20 Å². The van der Waals surface area contributed by atoms with Gasteiger partial charge in [-0.3, -0.25) is 4.98 Å². The third-order valence-corrected chi connectivity index (χ3v) is 3.18. The molecule has 0 aliphatic rings. The molecule has 0 saturated heterocycles. The highest BCUT2D eigenvalue weighted by atomic mass is 35.5. The minimum Gasteiger partial charge on any atom is -0.319 e. The fraction of sp³-hybridized carbons (Fsp3) is 0.214. The molecule has 2 aromatic rings. The second-order valence-electron chi connectivity index (χ2n) is 4.22. The van der Waals surface area contributed by atoms with Crippen molar-refractivity contribution in [2.24, 2.45) is 5.73 Å². The highest BCUT2D eigenvalue weighted by Crippen LogP contribution is 2.21. The Bertz CT molecular complexity index is 520. The van der Waals surface area contributed by atoms with Crippen molar-refractivity contribution in [1.82, 2.24) is 4.98 Å². The van der Waals surface area contributed by atoms with E-state index < -0.39 is 0 Å². The lowest BCUT2D eigenvalue weighted by Crippen LogP contribution is -2.13. The van der Waals surface area contributed by atoms with Gasteiger partial charge in [-0.15, -0.1) is 0 Å². The molecule has 3 heteroatoms. The summed E-state index contributed by atoms with van der Waals surface area (Å²) < 4.78 is 0. The van der Waals surface area contributed by atoms with Gasteiger partial charge in [0.25, 0.3) is 0 Å². The van der Waals surface area contributed by atoms with Gasteiger partial charge in [0.2, 0.25) is 0 Å². The van der Waals surface area contributed by atoms with Crippen molar-refractivity contribution in [2.75, 3.05) is 0 Å². The number of aryl methyl sites for hydroxylation is 2. The molecular weight excluding hydrogens is 232 g/mol. The minimum absolute atomic E-state index is 0.202. The van der Waals surface area contributed by atoms with Gasteiger partial charge in [-0.05, 0) is 42.7 Å². The molecule has 2 rings (SSSR count). The quantitative estimate of drug-likeness (QED) is 0.882. The molecule has 1 aromatic heterocycles. The highest BCUT2D eigenvalue weighted by molar-refractivity contribution is 6.30. The van der Waals surface area contributed by atoms with Crippen LogP contribution >= 0.6 is 11.6 Å². The first kappa shape index (κ1) is 12.1. The fourth-order valence-electron chi connectivity index (χ4n) is 1.70. The number of halogens is 1. The Kier molecular flexibility index (Phi) is 3.46. The van der Waals surface area contributed by atoms with Gasteiger partial charge in [0.15, 0.2) is 0 Å². The van der Waals surface area contributed by atoms with Crippen LogP contribution in [0.25, 0.3) is 0 Å². The summed E-state index contributed by atoms with van der Waals surface area (Å²) in [7, 11) is 0. The minimum atomic E-state index is -0.202. The van der Waals surface area contributed by atoms with Crippen molar-refractivity contribution in [3.05, 3.63) is 63.9 Å². The van der Waals surface area contributed by atoms with Crippen molar-refractivity contribution >= 4 is 11.6 Å². The molecule has 0 aliphatic carbocycles. The lowest BCUT2D eigenvalue weighted by atomic mass is 9.99. The molecule has 0 saturated carbocycles. The van der Waals surface area contributed by atoms with E-state index in [1.165, 1.54) is 11.1 Å². The summed E-state index contributed by atoms with van der Waals surface area (Å²) in [5.41, 5.74) is 10.6. The van der Waals surface area contributed by atoms with Gasteiger partial charge in [-0.2, -0.15) is 0 Å². The number of hydrogen-bond acceptors (Lipinski definition) is 2. The predicted octanol–water partition coefficient (Wildman–Crippen LogP) is 3.40. The van der Waals surface area contributed by atoms with Crippen LogP contribution in [0.2, 0.25) is 5.02 Å². The van der Waals surface area contributed by atoms with Crippen molar-refractivity contribution < 1.29 is 0 Å². The number of nitrogens with zero attached hydrogens (tertiary/aromatic N) is 1. The van der Waals surface area contributed by atoms with Gasteiger partial charge in [-0.25, -0.2) is 0 Å². The number of hydrogen-bond donors (Lipinski definition) is 1. The summed E-state index contributed by atoms with van der Waals surface area (Å²) in [5, 5.41) is 0.626. The molecule has 1 aromatic carbocycles. The number of pyridine rings is 1. The standard InChI is InChI=1S/C14H15ClN2/c1-9-3-4-11(7-10(9)2)14(16)13-6-5-12(15)8-17-13/h3-8,14H,16H2,1-2H3. The maximum atomic E-state index is 6.18. The zero-order valence-corrected chi connectivity index (χ0v) is 10.7. The number of nitrogens with two attached hydrogens (primary N) is 1. The topological polar surface area (TPSA) is 38.9 Å². The number of aromatic nitrogens is 1. The van der Waals surface area contributed by atoms with Gasteiger partial charge >= 0.3 is 0 Å². The molecule has 0 spiro atoms. The lowest BCUT2D eigenvalue weighted by molar-refractivity contribution is 0.827. The Morgan fingerprint density at radius 3 is 2.47 bits per heavy atom. The molecule has 0 fully saturated rings. The Morgan fingerprint density at radius 2 is 1.88 bits per heavy atom. The van der Waals surface area contributed by atoms with Crippen LogP contribution in [0.5, 0.6) is 0 Å². The average molecular weight is 247 g/mol. The maximum Gasteiger partial charge on any atom is 0.0726 e. The first-order valence-corrected chi connectivity index (χ1v) is 5.90. The molecular formula is C14H15ClN2. The Balaban J connectivity index is 2.33. The van der Waals surface area contributed by atoms with Gasteiger partial charge in [0.05, 0.1) is 16.8 Å². The van der Waals surface area contributed by atoms with Gasteiger partial charge in [0.1, 0.15) is 0 Å². The summed E-state index contributed by atoms with van der Waals surface area (Å²) in [4.78, 5) is 4.25. The Labute approximate surface area is 106 Å². The van der Waals surface area contributed by atoms with E-state index in [1.54, 1.807) is 6.20 Å². The monoisotopic (exact) mass is 246 g/mol. The SMILES string of the molecule is Cc1ccc(C(N)c2ccc(Cl)cn2)cc1C. The summed E-state index contributed by atoms with van der Waals surface area (Å²) in [6.45, 7) is 4.17. The Morgan fingerprint density at radius 1 is 1.12 bits per heavy atom. The van der Waals surface area contributed by atoms with Crippen LogP contribution in [-0.4, -0.2) is 4.98 Å². The van der Waals surface area contributed by atoms with Crippen LogP contribution in [0.1, 0.15) is 28.4 Å². The summed E-state index contributed by atoms with van der Waals surface area (Å²) >= 11 is 5.81. The van der Waals surface area contributed by atoms with E-state index >= 15 is 0 Å². The van der Waals surface area contributed by atoms with E-state index in [0.717, 1.165) is 11.3 Å². The second-order valence-corrected chi connectivity index (χ2v) is 4.66. The van der Waals surface area contributed by atoms with Crippen LogP contribution in [0.4, 0.5) is 0 Å². The number of rotatable bonds is 2. The molecule has 0 aliphatic heterocycles. The molecule has 0 bridgehead atoms.